The fraction of sp³-hybridized carbons (Fsp3) is 0.524. The zero-order valence-corrected chi connectivity index (χ0v) is 19.5. The predicted octanol–water partition coefficient (Wildman–Crippen LogP) is 1.43. The van der Waals surface area contributed by atoms with Crippen molar-refractivity contribution in [2.45, 2.75) is 33.2 Å². The molecule has 0 spiro atoms. The summed E-state index contributed by atoms with van der Waals surface area (Å²) in [7, 11) is -0.673. The van der Waals surface area contributed by atoms with E-state index < -0.39 is 22.0 Å². The van der Waals surface area contributed by atoms with Gasteiger partial charge in [-0.3, -0.25) is 4.79 Å². The second-order valence-corrected chi connectivity index (χ2v) is 9.05. The normalized spacial score (nSPS) is 12.6. The summed E-state index contributed by atoms with van der Waals surface area (Å²) in [5.74, 6) is -0.0711. The molecule has 0 aliphatic heterocycles. The van der Waals surface area contributed by atoms with E-state index in [2.05, 4.69) is 14.8 Å². The Hall–Kier alpha value is -2.59. The van der Waals surface area contributed by atoms with E-state index in [0.717, 1.165) is 5.56 Å². The number of hydrogen-bond donors (Lipinski definition) is 2. The largest absolute Gasteiger partial charge is 0.493 e. The molecule has 9 nitrogen and oxygen atoms in total. The first kappa shape index (κ1) is 26.4. The average molecular weight is 457 g/mol. The third-order valence-electron chi connectivity index (χ3n) is 4.37. The molecule has 0 aromatic heterocycles. The average Bonchev–Trinajstić information content (AvgIpc) is 2.75. The molecule has 0 saturated carbocycles. The van der Waals surface area contributed by atoms with Gasteiger partial charge in [-0.15, -0.1) is 0 Å². The van der Waals surface area contributed by atoms with Crippen molar-refractivity contribution in [2.75, 3.05) is 33.1 Å². The third-order valence-corrected chi connectivity index (χ3v) is 5.74. The number of methoxy groups -OCH3 is 2. The quantitative estimate of drug-likeness (QED) is 0.340. The van der Waals surface area contributed by atoms with Crippen LogP contribution < -0.4 is 19.5 Å². The minimum absolute atomic E-state index is 0.0871. The third kappa shape index (κ3) is 9.39. The summed E-state index contributed by atoms with van der Waals surface area (Å²) in [4.78, 5) is 23.5. The van der Waals surface area contributed by atoms with E-state index >= 15 is 0 Å². The van der Waals surface area contributed by atoms with Gasteiger partial charge in [0.25, 0.3) is 0 Å². The molecule has 0 fully saturated rings. The Balaban J connectivity index is 2.65. The molecule has 0 bridgehead atoms. The Kier molecular flexibility index (Phi) is 11.1. The smallest absolute Gasteiger partial charge is 0.330 e. The van der Waals surface area contributed by atoms with Gasteiger partial charge in [0.2, 0.25) is 15.9 Å². The van der Waals surface area contributed by atoms with Gasteiger partial charge in [-0.2, -0.15) is 0 Å². The summed E-state index contributed by atoms with van der Waals surface area (Å²) in [6.45, 7) is 5.60. The van der Waals surface area contributed by atoms with E-state index in [9.17, 15) is 18.0 Å². The van der Waals surface area contributed by atoms with Crippen LogP contribution in [-0.4, -0.2) is 59.5 Å². The summed E-state index contributed by atoms with van der Waals surface area (Å²) in [6.07, 6.45) is 3.33. The van der Waals surface area contributed by atoms with Gasteiger partial charge in [-0.1, -0.05) is 19.9 Å². The van der Waals surface area contributed by atoms with Gasteiger partial charge in [0.1, 0.15) is 12.6 Å². The van der Waals surface area contributed by atoms with Crippen molar-refractivity contribution in [2.24, 2.45) is 5.92 Å². The Morgan fingerprint density at radius 2 is 1.87 bits per heavy atom. The Labute approximate surface area is 184 Å². The molecule has 1 amide bonds. The molecule has 1 aromatic rings. The van der Waals surface area contributed by atoms with E-state index in [4.69, 9.17) is 9.47 Å². The van der Waals surface area contributed by atoms with Crippen molar-refractivity contribution >= 4 is 21.9 Å². The molecule has 10 heteroatoms. The number of carbonyl (C=O) groups excluding carboxylic acids is 2. The van der Waals surface area contributed by atoms with Crippen molar-refractivity contribution < 1.29 is 32.2 Å². The molecule has 0 aliphatic carbocycles. The molecule has 0 aliphatic rings. The van der Waals surface area contributed by atoms with Crippen LogP contribution in [0, 0.1) is 5.92 Å². The van der Waals surface area contributed by atoms with Crippen LogP contribution in [0.25, 0.3) is 0 Å². The lowest BCUT2D eigenvalue weighted by Crippen LogP contribution is -2.50. The number of amides is 1. The second-order valence-electron chi connectivity index (χ2n) is 7.01. The maximum absolute atomic E-state index is 12.4. The molecule has 0 unspecified atom stereocenters. The molecule has 1 rings (SSSR count). The number of ether oxygens (including phenoxy) is 3. The van der Waals surface area contributed by atoms with Gasteiger partial charge in [-0.05, 0) is 43.0 Å². The first-order valence-electron chi connectivity index (χ1n) is 9.95. The van der Waals surface area contributed by atoms with Gasteiger partial charge < -0.3 is 19.5 Å². The highest BCUT2D eigenvalue weighted by Crippen LogP contribution is 2.28. The van der Waals surface area contributed by atoms with Gasteiger partial charge in [0, 0.05) is 12.6 Å². The van der Waals surface area contributed by atoms with E-state index in [1.165, 1.54) is 33.3 Å². The zero-order chi connectivity index (χ0) is 23.4. The fourth-order valence-corrected chi connectivity index (χ4v) is 3.48. The Morgan fingerprint density at radius 1 is 1.16 bits per heavy atom. The predicted molar refractivity (Wildman–Crippen MR) is 118 cm³/mol. The van der Waals surface area contributed by atoms with Crippen molar-refractivity contribution in [1.29, 1.82) is 0 Å². The molecule has 0 heterocycles. The minimum atomic E-state index is -3.49. The SMILES string of the molecule is CCS(=O)(=O)N[C@H](C(=O)NCCc1ccc(OC/C=C/C(=O)OC)c(OC)c1)C(C)C. The lowest BCUT2D eigenvalue weighted by atomic mass is 10.0. The van der Waals surface area contributed by atoms with E-state index in [-0.39, 0.29) is 24.2 Å². The van der Waals surface area contributed by atoms with Gasteiger partial charge >= 0.3 is 5.97 Å². The lowest BCUT2D eigenvalue weighted by Gasteiger charge is -2.21. The highest BCUT2D eigenvalue weighted by molar-refractivity contribution is 7.89. The van der Waals surface area contributed by atoms with E-state index in [1.807, 2.05) is 6.07 Å². The lowest BCUT2D eigenvalue weighted by molar-refractivity contribution is -0.134. The number of benzene rings is 1. The van der Waals surface area contributed by atoms with Crippen LogP contribution in [0.5, 0.6) is 11.5 Å². The number of carbonyl (C=O) groups is 2. The van der Waals surface area contributed by atoms with E-state index in [0.29, 0.717) is 24.5 Å². The van der Waals surface area contributed by atoms with Crippen molar-refractivity contribution in [3.63, 3.8) is 0 Å². The number of nitrogens with one attached hydrogen (secondary N) is 2. The summed E-state index contributed by atoms with van der Waals surface area (Å²) < 4.78 is 41.5. The number of rotatable bonds is 13. The van der Waals surface area contributed by atoms with Crippen molar-refractivity contribution in [3.8, 4) is 11.5 Å². The maximum Gasteiger partial charge on any atom is 0.330 e. The second kappa shape index (κ2) is 13.0. The first-order chi connectivity index (χ1) is 14.6. The summed E-state index contributed by atoms with van der Waals surface area (Å²) in [5, 5.41) is 2.78. The summed E-state index contributed by atoms with van der Waals surface area (Å²) in [5.41, 5.74) is 0.907. The molecule has 1 atom stereocenters. The zero-order valence-electron chi connectivity index (χ0n) is 18.6. The Bertz CT molecular complexity index is 866. The van der Waals surface area contributed by atoms with Crippen molar-refractivity contribution in [1.82, 2.24) is 10.0 Å². The molecule has 174 valence electrons. The van der Waals surface area contributed by atoms with Gasteiger partial charge in [-0.25, -0.2) is 17.9 Å². The molecule has 31 heavy (non-hydrogen) atoms. The minimum Gasteiger partial charge on any atom is -0.493 e. The van der Waals surface area contributed by atoms with Gasteiger partial charge in [0.15, 0.2) is 11.5 Å². The first-order valence-corrected chi connectivity index (χ1v) is 11.6. The van der Waals surface area contributed by atoms with Gasteiger partial charge in [0.05, 0.1) is 20.0 Å². The molecular formula is C21H32N2O7S. The van der Waals surface area contributed by atoms with Crippen LogP contribution in [0.3, 0.4) is 0 Å². The molecule has 0 radical (unpaired) electrons. The van der Waals surface area contributed by atoms with E-state index in [1.54, 1.807) is 26.0 Å². The van der Waals surface area contributed by atoms with Crippen LogP contribution in [0.15, 0.2) is 30.4 Å². The molecule has 0 saturated heterocycles. The molecular weight excluding hydrogens is 424 g/mol. The number of sulfonamides is 1. The number of esters is 1. The highest BCUT2D eigenvalue weighted by atomic mass is 32.2. The molecule has 1 aromatic carbocycles. The standard InChI is InChI=1S/C21H32N2O7S/c1-6-31(26,27)23-20(15(2)3)21(25)22-12-11-16-9-10-17(18(14-16)28-4)30-13-7-8-19(24)29-5/h7-10,14-15,20,23H,6,11-13H2,1-5H3,(H,22,25)/b8-7+/t20-/m0/s1. The topological polar surface area (TPSA) is 120 Å². The van der Waals surface area contributed by atoms with Crippen LogP contribution >= 0.6 is 0 Å². The summed E-state index contributed by atoms with van der Waals surface area (Å²) in [6, 6.07) is 4.56. The molecule has 2 N–H and O–H groups in total. The van der Waals surface area contributed by atoms with Crippen LogP contribution in [0.2, 0.25) is 0 Å². The fourth-order valence-electron chi connectivity index (χ4n) is 2.55. The van der Waals surface area contributed by atoms with Crippen LogP contribution in [0.4, 0.5) is 0 Å². The highest BCUT2D eigenvalue weighted by Gasteiger charge is 2.26. The maximum atomic E-state index is 12.4. The van der Waals surface area contributed by atoms with Crippen LogP contribution in [0.1, 0.15) is 26.3 Å². The summed E-state index contributed by atoms with van der Waals surface area (Å²) >= 11 is 0. The van der Waals surface area contributed by atoms with Crippen molar-refractivity contribution in [3.05, 3.63) is 35.9 Å². The Morgan fingerprint density at radius 3 is 2.45 bits per heavy atom. The number of hydrogen-bond acceptors (Lipinski definition) is 7. The monoisotopic (exact) mass is 456 g/mol. The van der Waals surface area contributed by atoms with Crippen LogP contribution in [-0.2, 0) is 30.8 Å².